The van der Waals surface area contributed by atoms with E-state index in [1.54, 1.807) is 13.3 Å². The first kappa shape index (κ1) is 13.7. The van der Waals surface area contributed by atoms with Crippen LogP contribution >= 0.6 is 0 Å². The van der Waals surface area contributed by atoms with Gasteiger partial charge in [-0.25, -0.2) is 4.98 Å². The van der Waals surface area contributed by atoms with Crippen LogP contribution in [-0.2, 0) is 6.54 Å². The summed E-state index contributed by atoms with van der Waals surface area (Å²) in [4.78, 5) is 4.46. The number of hydrogen-bond acceptors (Lipinski definition) is 5. The summed E-state index contributed by atoms with van der Waals surface area (Å²) in [5, 5.41) is 10.1. The van der Waals surface area contributed by atoms with Crippen molar-refractivity contribution in [1.29, 1.82) is 0 Å². The Balaban J connectivity index is 1.92. The quantitative estimate of drug-likeness (QED) is 0.629. The zero-order valence-electron chi connectivity index (χ0n) is 12.6. The Bertz CT molecular complexity index is 1010. The smallest absolute Gasteiger partial charge is 0.140 e. The predicted molar refractivity (Wildman–Crippen MR) is 88.2 cm³/mol. The molecule has 4 aromatic rings. The molecule has 0 aliphatic rings. The lowest BCUT2D eigenvalue weighted by Gasteiger charge is -2.07. The van der Waals surface area contributed by atoms with Crippen LogP contribution in [0.2, 0.25) is 0 Å². The Labute approximate surface area is 132 Å². The SMILES string of the molecule is COc1ccn2c(-c3ccc4cnnc(CN)c4c3)cnc2c1. The molecule has 1 aromatic carbocycles. The van der Waals surface area contributed by atoms with Crippen molar-refractivity contribution in [2.75, 3.05) is 7.11 Å². The van der Waals surface area contributed by atoms with Gasteiger partial charge >= 0.3 is 0 Å². The molecule has 0 unspecified atom stereocenters. The van der Waals surface area contributed by atoms with Gasteiger partial charge in [-0.05, 0) is 12.1 Å². The van der Waals surface area contributed by atoms with Crippen molar-refractivity contribution in [3.05, 3.63) is 54.6 Å². The number of nitrogens with zero attached hydrogens (tertiary/aromatic N) is 4. The molecule has 114 valence electrons. The molecule has 0 aliphatic heterocycles. The molecule has 0 spiro atoms. The summed E-state index contributed by atoms with van der Waals surface area (Å²) >= 11 is 0. The molecule has 0 saturated carbocycles. The van der Waals surface area contributed by atoms with E-state index in [9.17, 15) is 0 Å². The van der Waals surface area contributed by atoms with E-state index in [1.165, 1.54) is 0 Å². The lowest BCUT2D eigenvalue weighted by Crippen LogP contribution is -2.02. The van der Waals surface area contributed by atoms with Gasteiger partial charge in [-0.2, -0.15) is 10.2 Å². The molecule has 6 heteroatoms. The topological polar surface area (TPSA) is 78.3 Å². The maximum Gasteiger partial charge on any atom is 0.140 e. The summed E-state index contributed by atoms with van der Waals surface area (Å²) in [5.41, 5.74) is 9.46. The molecule has 6 nitrogen and oxygen atoms in total. The third-order valence-electron chi connectivity index (χ3n) is 3.95. The van der Waals surface area contributed by atoms with Crippen molar-refractivity contribution in [3.63, 3.8) is 0 Å². The van der Waals surface area contributed by atoms with Gasteiger partial charge in [0.05, 0.1) is 30.9 Å². The van der Waals surface area contributed by atoms with Gasteiger partial charge in [0.25, 0.3) is 0 Å². The molecule has 0 saturated heterocycles. The molecule has 0 bridgehead atoms. The summed E-state index contributed by atoms with van der Waals surface area (Å²) in [6, 6.07) is 9.98. The maximum absolute atomic E-state index is 5.77. The maximum atomic E-state index is 5.77. The number of fused-ring (bicyclic) bond motifs is 2. The average Bonchev–Trinajstić information content (AvgIpc) is 3.03. The number of imidazole rings is 1. The fraction of sp³-hybridized carbons (Fsp3) is 0.118. The van der Waals surface area contributed by atoms with E-state index in [0.29, 0.717) is 6.54 Å². The molecule has 3 aromatic heterocycles. The van der Waals surface area contributed by atoms with Crippen LogP contribution in [-0.4, -0.2) is 26.7 Å². The average molecular weight is 305 g/mol. The van der Waals surface area contributed by atoms with Crippen LogP contribution in [0.1, 0.15) is 5.69 Å². The zero-order valence-corrected chi connectivity index (χ0v) is 12.6. The molecule has 3 heterocycles. The van der Waals surface area contributed by atoms with Crippen molar-refractivity contribution in [3.8, 4) is 17.0 Å². The van der Waals surface area contributed by atoms with Crippen LogP contribution in [0, 0.1) is 0 Å². The van der Waals surface area contributed by atoms with Crippen molar-refractivity contribution in [2.24, 2.45) is 5.73 Å². The Hall–Kier alpha value is -2.99. The Morgan fingerprint density at radius 1 is 1.17 bits per heavy atom. The molecule has 0 amide bonds. The summed E-state index contributed by atoms with van der Waals surface area (Å²) in [5.74, 6) is 0.786. The molecule has 23 heavy (non-hydrogen) atoms. The largest absolute Gasteiger partial charge is 0.497 e. The number of hydrogen-bond donors (Lipinski definition) is 1. The Morgan fingerprint density at radius 3 is 2.91 bits per heavy atom. The van der Waals surface area contributed by atoms with Crippen LogP contribution in [0.3, 0.4) is 0 Å². The third kappa shape index (κ3) is 2.20. The standard InChI is InChI=1S/C17H15N5O/c1-23-13-4-5-22-16(10-19-17(22)7-13)11-2-3-12-9-20-21-15(8-18)14(12)6-11/h2-7,9-10H,8,18H2,1H3. The monoisotopic (exact) mass is 305 g/mol. The highest BCUT2D eigenvalue weighted by Gasteiger charge is 2.09. The second kappa shape index (κ2) is 5.33. The number of pyridine rings is 1. The lowest BCUT2D eigenvalue weighted by atomic mass is 10.1. The first-order valence-electron chi connectivity index (χ1n) is 7.26. The van der Waals surface area contributed by atoms with E-state index in [4.69, 9.17) is 10.5 Å². The lowest BCUT2D eigenvalue weighted by molar-refractivity contribution is 0.414. The van der Waals surface area contributed by atoms with E-state index < -0.39 is 0 Å². The Morgan fingerprint density at radius 2 is 2.09 bits per heavy atom. The van der Waals surface area contributed by atoms with Crippen molar-refractivity contribution < 1.29 is 4.74 Å². The second-order valence-electron chi connectivity index (χ2n) is 5.24. The molecular weight excluding hydrogens is 290 g/mol. The number of nitrogens with two attached hydrogens (primary N) is 1. The molecule has 2 N–H and O–H groups in total. The highest BCUT2D eigenvalue weighted by Crippen LogP contribution is 2.27. The van der Waals surface area contributed by atoms with Gasteiger partial charge in [0.2, 0.25) is 0 Å². The van der Waals surface area contributed by atoms with E-state index in [-0.39, 0.29) is 0 Å². The molecule has 4 rings (SSSR count). The number of benzene rings is 1. The third-order valence-corrected chi connectivity index (χ3v) is 3.95. The van der Waals surface area contributed by atoms with Gasteiger partial charge in [0, 0.05) is 35.1 Å². The van der Waals surface area contributed by atoms with Crippen molar-refractivity contribution in [2.45, 2.75) is 6.54 Å². The first-order chi connectivity index (χ1) is 11.3. The van der Waals surface area contributed by atoms with Gasteiger partial charge in [0.1, 0.15) is 11.4 Å². The highest BCUT2D eigenvalue weighted by atomic mass is 16.5. The predicted octanol–water partition coefficient (Wildman–Crippen LogP) is 2.41. The van der Waals surface area contributed by atoms with Crippen LogP contribution in [0.25, 0.3) is 27.7 Å². The van der Waals surface area contributed by atoms with Crippen molar-refractivity contribution in [1.82, 2.24) is 19.6 Å². The van der Waals surface area contributed by atoms with E-state index in [0.717, 1.165) is 39.1 Å². The fourth-order valence-electron chi connectivity index (χ4n) is 2.75. The molecule has 0 atom stereocenters. The zero-order chi connectivity index (χ0) is 15.8. The summed E-state index contributed by atoms with van der Waals surface area (Å²) in [6.45, 7) is 0.359. The molecule has 0 aliphatic carbocycles. The summed E-state index contributed by atoms with van der Waals surface area (Å²) in [6.07, 6.45) is 5.56. The number of aromatic nitrogens is 4. The van der Waals surface area contributed by atoms with Crippen molar-refractivity contribution >= 4 is 16.4 Å². The fourth-order valence-corrected chi connectivity index (χ4v) is 2.75. The number of ether oxygens (including phenoxy) is 1. The van der Waals surface area contributed by atoms with E-state index in [1.807, 2.05) is 35.0 Å². The second-order valence-corrected chi connectivity index (χ2v) is 5.24. The van der Waals surface area contributed by atoms with Crippen LogP contribution in [0.4, 0.5) is 0 Å². The van der Waals surface area contributed by atoms with Gasteiger partial charge in [0.15, 0.2) is 0 Å². The van der Waals surface area contributed by atoms with Crippen LogP contribution < -0.4 is 10.5 Å². The van der Waals surface area contributed by atoms with Crippen LogP contribution in [0.15, 0.2) is 48.9 Å². The number of rotatable bonds is 3. The van der Waals surface area contributed by atoms with E-state index in [2.05, 4.69) is 27.3 Å². The Kier molecular flexibility index (Phi) is 3.17. The minimum atomic E-state index is 0.359. The minimum Gasteiger partial charge on any atom is -0.497 e. The minimum absolute atomic E-state index is 0.359. The van der Waals surface area contributed by atoms with Crippen LogP contribution in [0.5, 0.6) is 5.75 Å². The van der Waals surface area contributed by atoms with Gasteiger partial charge < -0.3 is 10.5 Å². The normalized spacial score (nSPS) is 11.2. The first-order valence-corrected chi connectivity index (χ1v) is 7.26. The summed E-state index contributed by atoms with van der Waals surface area (Å²) < 4.78 is 7.27. The van der Waals surface area contributed by atoms with Gasteiger partial charge in [-0.3, -0.25) is 4.40 Å². The number of methoxy groups -OCH3 is 1. The highest BCUT2D eigenvalue weighted by molar-refractivity contribution is 5.88. The van der Waals surface area contributed by atoms with Gasteiger partial charge in [-0.1, -0.05) is 12.1 Å². The summed E-state index contributed by atoms with van der Waals surface area (Å²) in [7, 11) is 1.65. The molecule has 0 radical (unpaired) electrons. The van der Waals surface area contributed by atoms with Gasteiger partial charge in [-0.15, -0.1) is 0 Å². The van der Waals surface area contributed by atoms with E-state index >= 15 is 0 Å². The molecule has 0 fully saturated rings. The molecular formula is C17H15N5O.